The number of amides is 2. The van der Waals surface area contributed by atoms with Gasteiger partial charge in [0.25, 0.3) is 0 Å². The van der Waals surface area contributed by atoms with Gasteiger partial charge in [0.05, 0.1) is 6.61 Å². The summed E-state index contributed by atoms with van der Waals surface area (Å²) < 4.78 is 0. The van der Waals surface area contributed by atoms with Crippen LogP contribution in [0.4, 0.5) is 4.79 Å². The Labute approximate surface area is 120 Å². The predicted molar refractivity (Wildman–Crippen MR) is 79.5 cm³/mol. The van der Waals surface area contributed by atoms with Crippen LogP contribution in [0.25, 0.3) is 0 Å². The van der Waals surface area contributed by atoms with Crippen molar-refractivity contribution < 1.29 is 9.90 Å². The van der Waals surface area contributed by atoms with Gasteiger partial charge in [-0.15, -0.1) is 0 Å². The number of aliphatic hydroxyl groups is 1. The van der Waals surface area contributed by atoms with Gasteiger partial charge in [-0.2, -0.15) is 11.8 Å². The molecule has 0 bridgehead atoms. The second kappa shape index (κ2) is 7.39. The molecule has 0 aromatic rings. The highest BCUT2D eigenvalue weighted by Gasteiger charge is 2.33. The number of hydrogen-bond acceptors (Lipinski definition) is 3. The van der Waals surface area contributed by atoms with Gasteiger partial charge >= 0.3 is 6.03 Å². The Morgan fingerprint density at radius 2 is 2.16 bits per heavy atom. The molecule has 2 rings (SSSR count). The monoisotopic (exact) mass is 286 g/mol. The fourth-order valence-electron chi connectivity index (χ4n) is 2.86. The minimum atomic E-state index is 0.0312. The van der Waals surface area contributed by atoms with Crippen LogP contribution >= 0.6 is 11.8 Å². The topological polar surface area (TPSA) is 52.6 Å². The molecule has 2 fully saturated rings. The average Bonchev–Trinajstić information content (AvgIpc) is 3.21. The molecular formula is C14H26N2O2S. The first-order valence-electron chi connectivity index (χ1n) is 7.54. The summed E-state index contributed by atoms with van der Waals surface area (Å²) in [6, 6.07) is 0.727. The van der Waals surface area contributed by atoms with E-state index >= 15 is 0 Å². The summed E-state index contributed by atoms with van der Waals surface area (Å²) in [5.41, 5.74) is 0. The van der Waals surface area contributed by atoms with Crippen molar-refractivity contribution in [2.75, 3.05) is 18.9 Å². The first-order chi connectivity index (χ1) is 9.24. The molecule has 2 unspecified atom stereocenters. The molecule has 2 atom stereocenters. The molecule has 0 saturated heterocycles. The molecule has 2 aliphatic carbocycles. The highest BCUT2D eigenvalue weighted by Crippen LogP contribution is 2.30. The van der Waals surface area contributed by atoms with Crippen LogP contribution < -0.4 is 5.32 Å². The van der Waals surface area contributed by atoms with E-state index in [0.717, 1.165) is 31.4 Å². The van der Waals surface area contributed by atoms with Gasteiger partial charge < -0.3 is 15.3 Å². The molecule has 4 nitrogen and oxygen atoms in total. The Kier molecular flexibility index (Phi) is 5.82. The quantitative estimate of drug-likeness (QED) is 0.787. The summed E-state index contributed by atoms with van der Waals surface area (Å²) in [6.45, 7) is 2.72. The first kappa shape index (κ1) is 15.0. The predicted octanol–water partition coefficient (Wildman–Crippen LogP) is 2.22. The van der Waals surface area contributed by atoms with Crippen molar-refractivity contribution in [2.45, 2.75) is 62.8 Å². The van der Waals surface area contributed by atoms with Gasteiger partial charge in [-0.3, -0.25) is 0 Å². The van der Waals surface area contributed by atoms with Gasteiger partial charge in [-0.25, -0.2) is 4.79 Å². The molecule has 110 valence electrons. The molecule has 2 N–H and O–H groups in total. The lowest BCUT2D eigenvalue weighted by Gasteiger charge is -2.31. The molecule has 2 aliphatic rings. The number of rotatable bonds is 6. The van der Waals surface area contributed by atoms with Crippen LogP contribution in [0.1, 0.15) is 45.4 Å². The summed E-state index contributed by atoms with van der Waals surface area (Å²) in [7, 11) is 0. The molecule has 2 amide bonds. The minimum Gasteiger partial charge on any atom is -0.395 e. The standard InChI is InChI=1S/C14H26N2O2S/c1-2-19-13-5-3-4-11(10-13)15-14(18)16(8-9-17)12-6-7-12/h11-13,17H,2-10H2,1H3,(H,15,18). The second-order valence-electron chi connectivity index (χ2n) is 5.54. The zero-order valence-corrected chi connectivity index (χ0v) is 12.6. The zero-order chi connectivity index (χ0) is 13.7. The molecule has 2 saturated carbocycles. The van der Waals surface area contributed by atoms with Crippen molar-refractivity contribution in [2.24, 2.45) is 0 Å². The Morgan fingerprint density at radius 1 is 1.37 bits per heavy atom. The third kappa shape index (κ3) is 4.56. The molecule has 19 heavy (non-hydrogen) atoms. The fraction of sp³-hybridized carbons (Fsp3) is 0.929. The number of aliphatic hydroxyl groups excluding tert-OH is 1. The van der Waals surface area contributed by atoms with Gasteiger partial charge in [0, 0.05) is 23.9 Å². The van der Waals surface area contributed by atoms with Crippen molar-refractivity contribution in [3.8, 4) is 0 Å². The molecule has 0 aliphatic heterocycles. The fourth-order valence-corrected chi connectivity index (χ4v) is 4.04. The van der Waals surface area contributed by atoms with Crippen LogP contribution in [0, 0.1) is 0 Å². The highest BCUT2D eigenvalue weighted by molar-refractivity contribution is 7.99. The number of hydrogen-bond donors (Lipinski definition) is 2. The lowest BCUT2D eigenvalue weighted by Crippen LogP contribution is -2.48. The maximum atomic E-state index is 12.2. The van der Waals surface area contributed by atoms with Crippen molar-refractivity contribution in [3.05, 3.63) is 0 Å². The SMILES string of the molecule is CCSC1CCCC(NC(=O)N(CCO)C2CC2)C1. The van der Waals surface area contributed by atoms with E-state index in [4.69, 9.17) is 5.11 Å². The van der Waals surface area contributed by atoms with E-state index in [9.17, 15) is 4.79 Å². The third-order valence-corrected chi connectivity index (χ3v) is 5.18. The van der Waals surface area contributed by atoms with E-state index in [1.807, 2.05) is 16.7 Å². The summed E-state index contributed by atoms with van der Waals surface area (Å²) in [6.07, 6.45) is 6.88. The molecule has 0 spiro atoms. The van der Waals surface area contributed by atoms with E-state index in [1.54, 1.807) is 0 Å². The van der Waals surface area contributed by atoms with Crippen molar-refractivity contribution in [3.63, 3.8) is 0 Å². The van der Waals surface area contributed by atoms with Crippen LogP contribution in [0.5, 0.6) is 0 Å². The third-order valence-electron chi connectivity index (χ3n) is 3.95. The molecule has 0 aromatic heterocycles. The van der Waals surface area contributed by atoms with Crippen LogP contribution in [0.3, 0.4) is 0 Å². The smallest absolute Gasteiger partial charge is 0.317 e. The van der Waals surface area contributed by atoms with Gasteiger partial charge in [0.2, 0.25) is 0 Å². The largest absolute Gasteiger partial charge is 0.395 e. The summed E-state index contributed by atoms with van der Waals surface area (Å²) in [5, 5.41) is 12.9. The lowest BCUT2D eigenvalue weighted by atomic mass is 9.95. The number of carbonyl (C=O) groups is 1. The Balaban J connectivity index is 1.79. The normalized spacial score (nSPS) is 27.1. The molecule has 0 radical (unpaired) electrons. The average molecular weight is 286 g/mol. The van der Waals surface area contributed by atoms with Crippen molar-refractivity contribution in [1.29, 1.82) is 0 Å². The highest BCUT2D eigenvalue weighted by atomic mass is 32.2. The maximum absolute atomic E-state index is 12.2. The summed E-state index contributed by atoms with van der Waals surface area (Å²) in [5.74, 6) is 1.16. The van der Waals surface area contributed by atoms with Gasteiger partial charge in [-0.1, -0.05) is 13.3 Å². The molecule has 0 heterocycles. The Hall–Kier alpha value is -0.420. The van der Waals surface area contributed by atoms with E-state index in [-0.39, 0.29) is 12.6 Å². The zero-order valence-electron chi connectivity index (χ0n) is 11.8. The van der Waals surface area contributed by atoms with E-state index in [1.165, 1.54) is 12.8 Å². The first-order valence-corrected chi connectivity index (χ1v) is 8.59. The number of thioether (sulfide) groups is 1. The van der Waals surface area contributed by atoms with Crippen molar-refractivity contribution >= 4 is 17.8 Å². The van der Waals surface area contributed by atoms with Crippen LogP contribution in [-0.2, 0) is 0 Å². The van der Waals surface area contributed by atoms with Gasteiger partial charge in [-0.05, 0) is 37.9 Å². The van der Waals surface area contributed by atoms with Gasteiger partial charge in [0.1, 0.15) is 0 Å². The minimum absolute atomic E-state index is 0.0312. The van der Waals surface area contributed by atoms with Crippen LogP contribution in [0.15, 0.2) is 0 Å². The molecule has 0 aromatic carbocycles. The Bertz CT molecular complexity index is 295. The summed E-state index contributed by atoms with van der Waals surface area (Å²) in [4.78, 5) is 14.1. The number of nitrogens with zero attached hydrogens (tertiary/aromatic N) is 1. The molecule has 5 heteroatoms. The summed E-state index contributed by atoms with van der Waals surface area (Å²) >= 11 is 2.02. The van der Waals surface area contributed by atoms with E-state index < -0.39 is 0 Å². The van der Waals surface area contributed by atoms with Crippen LogP contribution in [0.2, 0.25) is 0 Å². The Morgan fingerprint density at radius 3 is 2.79 bits per heavy atom. The molecular weight excluding hydrogens is 260 g/mol. The number of urea groups is 1. The van der Waals surface area contributed by atoms with E-state index in [0.29, 0.717) is 23.9 Å². The number of nitrogens with one attached hydrogen (secondary N) is 1. The number of carbonyl (C=O) groups excluding carboxylic acids is 1. The van der Waals surface area contributed by atoms with Crippen molar-refractivity contribution in [1.82, 2.24) is 10.2 Å². The maximum Gasteiger partial charge on any atom is 0.317 e. The van der Waals surface area contributed by atoms with E-state index in [2.05, 4.69) is 12.2 Å². The lowest BCUT2D eigenvalue weighted by molar-refractivity contribution is 0.168. The second-order valence-corrected chi connectivity index (χ2v) is 7.12. The van der Waals surface area contributed by atoms with Gasteiger partial charge in [0.15, 0.2) is 0 Å². The van der Waals surface area contributed by atoms with Crippen LogP contribution in [-0.4, -0.2) is 52.3 Å².